The number of thiophene rings is 1. The number of Topliss-reactive ketones (excluding diaryl/α,β-unsaturated/α-hetero) is 1. The van der Waals surface area contributed by atoms with Gasteiger partial charge in [0, 0.05) is 3.57 Å². The van der Waals surface area contributed by atoms with Gasteiger partial charge in [0.05, 0.1) is 10.2 Å². The van der Waals surface area contributed by atoms with Crippen LogP contribution in [0.5, 0.6) is 0 Å². The summed E-state index contributed by atoms with van der Waals surface area (Å²) in [6.45, 7) is 0. The van der Waals surface area contributed by atoms with E-state index < -0.39 is 0 Å². The van der Waals surface area contributed by atoms with Gasteiger partial charge in [0.1, 0.15) is 0 Å². The Hall–Kier alpha value is 0.580. The average Bonchev–Trinajstić information content (AvgIpc) is 2.34. The lowest BCUT2D eigenvalue weighted by Gasteiger charge is -1.89. The zero-order valence-electron chi connectivity index (χ0n) is 4.93. The summed E-state index contributed by atoms with van der Waals surface area (Å²) in [4.78, 5) is 11.9. The van der Waals surface area contributed by atoms with Crippen LogP contribution in [0.1, 0.15) is 9.67 Å². The van der Waals surface area contributed by atoms with E-state index in [4.69, 9.17) is 0 Å². The first-order chi connectivity index (χ1) is 4.75. The minimum absolute atomic E-state index is 0.166. The van der Waals surface area contributed by atoms with Crippen LogP contribution in [0.2, 0.25) is 0 Å². The number of hydrogen-bond donors (Lipinski definition) is 0. The number of halogens is 2. The Labute approximate surface area is 85.1 Å². The van der Waals surface area contributed by atoms with Crippen molar-refractivity contribution in [2.24, 2.45) is 0 Å². The van der Waals surface area contributed by atoms with Crippen LogP contribution in [0, 0.1) is 3.57 Å². The smallest absolute Gasteiger partial charge is 0.184 e. The Morgan fingerprint density at radius 1 is 1.80 bits per heavy atom. The van der Waals surface area contributed by atoms with Crippen molar-refractivity contribution < 1.29 is 4.79 Å². The van der Waals surface area contributed by atoms with Crippen LogP contribution in [-0.2, 0) is 0 Å². The topological polar surface area (TPSA) is 17.1 Å². The van der Waals surface area contributed by atoms with Crippen molar-refractivity contribution in [3.63, 3.8) is 0 Å². The molecule has 0 aliphatic heterocycles. The summed E-state index contributed by atoms with van der Waals surface area (Å²) in [5, 5.41) is 2.35. The molecule has 0 bridgehead atoms. The molecule has 1 aromatic rings. The van der Waals surface area contributed by atoms with E-state index >= 15 is 0 Å². The molecule has 0 N–H and O–H groups in total. The molecule has 1 rings (SSSR count). The van der Waals surface area contributed by atoms with Crippen LogP contribution in [0.4, 0.5) is 0 Å². The molecule has 1 nitrogen and oxygen atoms in total. The van der Waals surface area contributed by atoms with Crippen LogP contribution >= 0.6 is 49.9 Å². The van der Waals surface area contributed by atoms with E-state index in [1.807, 2.05) is 11.4 Å². The molecule has 0 saturated heterocycles. The molecule has 0 aromatic carbocycles. The third kappa shape index (κ3) is 1.79. The van der Waals surface area contributed by atoms with E-state index in [0.717, 1.165) is 8.45 Å². The first-order valence-corrected chi connectivity index (χ1v) is 5.66. The standard InChI is InChI=1S/C6H4BrIOS/c7-3-5(9)6-4(8)1-2-10-6/h1-2H,3H2. The first-order valence-electron chi connectivity index (χ1n) is 2.58. The second-order valence-corrected chi connectivity index (χ2v) is 4.29. The molecule has 54 valence electrons. The Morgan fingerprint density at radius 3 is 2.90 bits per heavy atom. The lowest BCUT2D eigenvalue weighted by Crippen LogP contribution is -1.97. The number of hydrogen-bond acceptors (Lipinski definition) is 2. The monoisotopic (exact) mass is 330 g/mol. The van der Waals surface area contributed by atoms with E-state index in [1.165, 1.54) is 11.3 Å². The van der Waals surface area contributed by atoms with E-state index in [1.54, 1.807) is 0 Å². The number of carbonyl (C=O) groups is 1. The largest absolute Gasteiger partial charge is 0.292 e. The van der Waals surface area contributed by atoms with Crippen LogP contribution in [0.15, 0.2) is 11.4 Å². The van der Waals surface area contributed by atoms with E-state index in [2.05, 4.69) is 38.5 Å². The van der Waals surface area contributed by atoms with Gasteiger partial charge in [-0.25, -0.2) is 0 Å². The predicted molar refractivity (Wildman–Crippen MR) is 55.2 cm³/mol. The SMILES string of the molecule is O=C(CBr)c1sccc1I. The lowest BCUT2D eigenvalue weighted by molar-refractivity contribution is 0.102. The quantitative estimate of drug-likeness (QED) is 0.463. The molecule has 1 aromatic heterocycles. The summed E-state index contributed by atoms with van der Waals surface area (Å²) in [6.07, 6.45) is 0. The summed E-state index contributed by atoms with van der Waals surface area (Å²) >= 11 is 6.78. The van der Waals surface area contributed by atoms with Gasteiger partial charge in [0.25, 0.3) is 0 Å². The van der Waals surface area contributed by atoms with E-state index in [0.29, 0.717) is 5.33 Å². The Bertz CT molecular complexity index is 246. The molecule has 0 atom stereocenters. The van der Waals surface area contributed by atoms with Crippen molar-refractivity contribution in [1.82, 2.24) is 0 Å². The van der Waals surface area contributed by atoms with E-state index in [9.17, 15) is 4.79 Å². The van der Waals surface area contributed by atoms with Gasteiger partial charge >= 0.3 is 0 Å². The number of rotatable bonds is 2. The zero-order valence-corrected chi connectivity index (χ0v) is 9.49. The summed E-state index contributed by atoms with van der Waals surface area (Å²) in [6, 6.07) is 1.95. The van der Waals surface area contributed by atoms with Gasteiger partial charge in [0.15, 0.2) is 5.78 Å². The molecular formula is C6H4BrIOS. The van der Waals surface area contributed by atoms with Gasteiger partial charge in [-0.15, -0.1) is 11.3 Å². The summed E-state index contributed by atoms with van der Waals surface area (Å²) in [5.74, 6) is 0.166. The molecule has 0 radical (unpaired) electrons. The highest BCUT2D eigenvalue weighted by Gasteiger charge is 2.08. The van der Waals surface area contributed by atoms with Gasteiger partial charge in [-0.3, -0.25) is 4.79 Å². The fourth-order valence-corrected chi connectivity index (χ4v) is 2.85. The molecule has 10 heavy (non-hydrogen) atoms. The van der Waals surface area contributed by atoms with Gasteiger partial charge in [0.2, 0.25) is 0 Å². The number of alkyl halides is 1. The van der Waals surface area contributed by atoms with E-state index in [-0.39, 0.29) is 5.78 Å². The fourth-order valence-electron chi connectivity index (χ4n) is 0.553. The molecular weight excluding hydrogens is 327 g/mol. The molecule has 0 aliphatic carbocycles. The normalized spacial score (nSPS) is 9.80. The zero-order chi connectivity index (χ0) is 7.56. The highest BCUT2D eigenvalue weighted by atomic mass is 127. The van der Waals surface area contributed by atoms with Crippen molar-refractivity contribution >= 4 is 55.6 Å². The fraction of sp³-hybridized carbons (Fsp3) is 0.167. The van der Waals surface area contributed by atoms with Gasteiger partial charge in [-0.05, 0) is 34.0 Å². The third-order valence-electron chi connectivity index (χ3n) is 0.992. The van der Waals surface area contributed by atoms with Gasteiger partial charge in [-0.2, -0.15) is 0 Å². The minimum Gasteiger partial charge on any atom is -0.292 e. The van der Waals surface area contributed by atoms with Crippen LogP contribution in [-0.4, -0.2) is 11.1 Å². The molecule has 0 fully saturated rings. The van der Waals surface area contributed by atoms with Crippen LogP contribution in [0.25, 0.3) is 0 Å². The predicted octanol–water partition coefficient (Wildman–Crippen LogP) is 2.93. The van der Waals surface area contributed by atoms with Crippen molar-refractivity contribution in [3.05, 3.63) is 19.9 Å². The Balaban J connectivity index is 2.93. The second-order valence-electron chi connectivity index (χ2n) is 1.65. The van der Waals surface area contributed by atoms with Crippen molar-refractivity contribution in [3.8, 4) is 0 Å². The Morgan fingerprint density at radius 2 is 2.50 bits per heavy atom. The minimum atomic E-state index is 0.166. The van der Waals surface area contributed by atoms with Crippen LogP contribution in [0.3, 0.4) is 0 Å². The van der Waals surface area contributed by atoms with Gasteiger partial charge < -0.3 is 0 Å². The molecule has 4 heteroatoms. The highest BCUT2D eigenvalue weighted by Crippen LogP contribution is 2.19. The van der Waals surface area contributed by atoms with Crippen LogP contribution < -0.4 is 0 Å². The maximum absolute atomic E-state index is 11.1. The summed E-state index contributed by atoms with van der Waals surface area (Å²) in [7, 11) is 0. The maximum Gasteiger partial charge on any atom is 0.184 e. The molecule has 0 spiro atoms. The Kier molecular flexibility index (Phi) is 3.32. The molecule has 1 heterocycles. The first kappa shape index (κ1) is 8.67. The molecule has 0 unspecified atom stereocenters. The average molecular weight is 331 g/mol. The number of ketones is 1. The molecule has 0 saturated carbocycles. The molecule has 0 amide bonds. The summed E-state index contributed by atoms with van der Waals surface area (Å²) < 4.78 is 1.05. The number of carbonyl (C=O) groups excluding carboxylic acids is 1. The lowest BCUT2D eigenvalue weighted by atomic mass is 10.4. The third-order valence-corrected chi connectivity index (χ3v) is 3.72. The summed E-state index contributed by atoms with van der Waals surface area (Å²) in [5.41, 5.74) is 0. The maximum atomic E-state index is 11.1. The van der Waals surface area contributed by atoms with Gasteiger partial charge in [-0.1, -0.05) is 15.9 Å². The highest BCUT2D eigenvalue weighted by molar-refractivity contribution is 14.1. The molecule has 0 aliphatic rings. The van der Waals surface area contributed by atoms with Crippen molar-refractivity contribution in [2.45, 2.75) is 0 Å². The van der Waals surface area contributed by atoms with Crippen molar-refractivity contribution in [2.75, 3.05) is 5.33 Å². The van der Waals surface area contributed by atoms with Crippen molar-refractivity contribution in [1.29, 1.82) is 0 Å². The second kappa shape index (κ2) is 3.82.